The Bertz CT molecular complexity index is 1150. The van der Waals surface area contributed by atoms with E-state index in [0.717, 1.165) is 17.7 Å². The summed E-state index contributed by atoms with van der Waals surface area (Å²) < 4.78 is 16.4. The van der Waals surface area contributed by atoms with Crippen molar-refractivity contribution in [3.8, 4) is 11.1 Å². The fourth-order valence-electron chi connectivity index (χ4n) is 2.85. The lowest BCUT2D eigenvalue weighted by atomic mass is 10.1. The summed E-state index contributed by atoms with van der Waals surface area (Å²) in [5.41, 5.74) is 2.71. The van der Waals surface area contributed by atoms with Gasteiger partial charge in [-0.25, -0.2) is 8.91 Å². The number of hydrogen-bond acceptors (Lipinski definition) is 5. The Kier molecular flexibility index (Phi) is 3.96. The monoisotopic (exact) mass is 352 g/mol. The molecule has 0 saturated carbocycles. The van der Waals surface area contributed by atoms with Gasteiger partial charge in [0, 0.05) is 24.8 Å². The summed E-state index contributed by atoms with van der Waals surface area (Å²) in [4.78, 5) is 14.7. The minimum atomic E-state index is -0.306. The largest absolute Gasteiger partial charge is 0.312 e. The molecule has 0 aliphatic rings. The standard InChI is InChI=1S/C18H17FN6O/c1-23(2)9-10-24-8-7-15-16(18(24)26)21-22-17-14(11-20-25(15)17)12-3-5-13(19)6-4-12/h3-8,11H,9-10H2,1-2H3. The number of rotatable bonds is 4. The molecule has 4 aromatic rings. The fourth-order valence-corrected chi connectivity index (χ4v) is 2.85. The second kappa shape index (κ2) is 6.30. The molecule has 3 aromatic heterocycles. The Morgan fingerprint density at radius 2 is 1.88 bits per heavy atom. The van der Waals surface area contributed by atoms with Crippen molar-refractivity contribution in [2.45, 2.75) is 6.54 Å². The van der Waals surface area contributed by atoms with Gasteiger partial charge in [-0.15, -0.1) is 10.2 Å². The molecular weight excluding hydrogens is 335 g/mol. The summed E-state index contributed by atoms with van der Waals surface area (Å²) in [6.07, 6.45) is 3.39. The molecule has 0 aliphatic heterocycles. The number of fused-ring (bicyclic) bond motifs is 3. The van der Waals surface area contributed by atoms with Crippen LogP contribution in [0, 0.1) is 5.82 Å². The van der Waals surface area contributed by atoms with Gasteiger partial charge in [0.25, 0.3) is 5.56 Å². The van der Waals surface area contributed by atoms with Crippen molar-refractivity contribution in [3.63, 3.8) is 0 Å². The number of nitrogens with zero attached hydrogens (tertiary/aromatic N) is 6. The zero-order chi connectivity index (χ0) is 18.3. The molecule has 0 fully saturated rings. The number of benzene rings is 1. The Morgan fingerprint density at radius 1 is 1.12 bits per heavy atom. The third-order valence-electron chi connectivity index (χ3n) is 4.28. The molecule has 0 radical (unpaired) electrons. The number of likely N-dealkylation sites (N-methyl/N-ethyl adjacent to an activating group) is 1. The molecule has 0 saturated heterocycles. The van der Waals surface area contributed by atoms with Crippen LogP contribution in [-0.2, 0) is 6.54 Å². The van der Waals surface area contributed by atoms with Crippen molar-refractivity contribution >= 4 is 16.7 Å². The lowest BCUT2D eigenvalue weighted by Crippen LogP contribution is -2.27. The number of aromatic nitrogens is 5. The first-order valence-electron chi connectivity index (χ1n) is 8.19. The van der Waals surface area contributed by atoms with Crippen LogP contribution >= 0.6 is 0 Å². The molecule has 26 heavy (non-hydrogen) atoms. The van der Waals surface area contributed by atoms with Crippen molar-refractivity contribution in [1.29, 1.82) is 0 Å². The maximum absolute atomic E-state index is 13.2. The second-order valence-electron chi connectivity index (χ2n) is 6.35. The zero-order valence-electron chi connectivity index (χ0n) is 14.4. The van der Waals surface area contributed by atoms with E-state index in [1.54, 1.807) is 33.6 Å². The molecule has 7 nitrogen and oxygen atoms in total. The maximum Gasteiger partial charge on any atom is 0.280 e. The van der Waals surface area contributed by atoms with Gasteiger partial charge in [-0.1, -0.05) is 12.1 Å². The van der Waals surface area contributed by atoms with Crippen molar-refractivity contribution in [3.05, 3.63) is 58.9 Å². The average Bonchev–Trinajstić information content (AvgIpc) is 3.06. The maximum atomic E-state index is 13.2. The van der Waals surface area contributed by atoms with E-state index in [9.17, 15) is 9.18 Å². The molecule has 1 aromatic carbocycles. The van der Waals surface area contributed by atoms with Gasteiger partial charge in [-0.3, -0.25) is 4.79 Å². The van der Waals surface area contributed by atoms with Crippen LogP contribution in [0.2, 0.25) is 0 Å². The topological polar surface area (TPSA) is 68.3 Å². The third-order valence-corrected chi connectivity index (χ3v) is 4.28. The Labute approximate surface area is 148 Å². The Balaban J connectivity index is 1.85. The quantitative estimate of drug-likeness (QED) is 0.560. The van der Waals surface area contributed by atoms with Crippen LogP contribution in [0.5, 0.6) is 0 Å². The molecular formula is C18H17FN6O. The molecule has 0 unspecified atom stereocenters. The smallest absolute Gasteiger partial charge is 0.280 e. The zero-order valence-corrected chi connectivity index (χ0v) is 14.4. The van der Waals surface area contributed by atoms with Crippen LogP contribution in [-0.4, -0.2) is 49.9 Å². The summed E-state index contributed by atoms with van der Waals surface area (Å²) in [7, 11) is 3.91. The highest BCUT2D eigenvalue weighted by Crippen LogP contribution is 2.24. The first-order valence-corrected chi connectivity index (χ1v) is 8.19. The molecule has 0 aliphatic carbocycles. The Morgan fingerprint density at radius 3 is 2.62 bits per heavy atom. The normalized spacial score (nSPS) is 11.7. The van der Waals surface area contributed by atoms with Gasteiger partial charge in [0.1, 0.15) is 11.3 Å². The van der Waals surface area contributed by atoms with E-state index >= 15 is 0 Å². The summed E-state index contributed by atoms with van der Waals surface area (Å²) in [5, 5.41) is 12.7. The van der Waals surface area contributed by atoms with E-state index in [0.29, 0.717) is 17.7 Å². The summed E-state index contributed by atoms with van der Waals surface area (Å²) in [6.45, 7) is 1.32. The van der Waals surface area contributed by atoms with Crippen molar-refractivity contribution in [2.24, 2.45) is 0 Å². The third kappa shape index (κ3) is 2.74. The van der Waals surface area contributed by atoms with Crippen LogP contribution in [0.25, 0.3) is 27.8 Å². The van der Waals surface area contributed by atoms with Crippen molar-refractivity contribution < 1.29 is 4.39 Å². The summed E-state index contributed by atoms with van der Waals surface area (Å²) in [5.74, 6) is -0.306. The highest BCUT2D eigenvalue weighted by atomic mass is 19.1. The molecule has 0 N–H and O–H groups in total. The van der Waals surface area contributed by atoms with Crippen LogP contribution in [0.4, 0.5) is 4.39 Å². The first kappa shape index (κ1) is 16.3. The van der Waals surface area contributed by atoms with Crippen LogP contribution in [0.1, 0.15) is 0 Å². The van der Waals surface area contributed by atoms with E-state index < -0.39 is 0 Å². The lowest BCUT2D eigenvalue weighted by Gasteiger charge is -2.11. The number of halogens is 1. The molecule has 132 valence electrons. The second-order valence-corrected chi connectivity index (χ2v) is 6.35. The van der Waals surface area contributed by atoms with E-state index in [2.05, 4.69) is 15.3 Å². The lowest BCUT2D eigenvalue weighted by molar-refractivity contribution is 0.381. The fraction of sp³-hybridized carbons (Fsp3) is 0.222. The van der Waals surface area contributed by atoms with E-state index in [1.807, 2.05) is 25.1 Å². The van der Waals surface area contributed by atoms with Gasteiger partial charge in [0.05, 0.1) is 6.20 Å². The SMILES string of the molecule is CN(C)CCn1ccc2c(nnc3c(-c4ccc(F)cc4)cnn32)c1=O. The van der Waals surface area contributed by atoms with Crippen LogP contribution in [0.3, 0.4) is 0 Å². The highest BCUT2D eigenvalue weighted by Gasteiger charge is 2.14. The van der Waals surface area contributed by atoms with Gasteiger partial charge < -0.3 is 9.47 Å². The Hall–Kier alpha value is -3.13. The molecule has 0 atom stereocenters. The first-order chi connectivity index (χ1) is 12.5. The van der Waals surface area contributed by atoms with Crippen molar-refractivity contribution in [2.75, 3.05) is 20.6 Å². The average molecular weight is 352 g/mol. The summed E-state index contributed by atoms with van der Waals surface area (Å²) >= 11 is 0. The van der Waals surface area contributed by atoms with E-state index in [-0.39, 0.29) is 16.9 Å². The number of pyridine rings is 1. The molecule has 0 amide bonds. The molecule has 0 bridgehead atoms. The van der Waals surface area contributed by atoms with Crippen LogP contribution < -0.4 is 5.56 Å². The van der Waals surface area contributed by atoms with E-state index in [1.165, 1.54) is 12.1 Å². The van der Waals surface area contributed by atoms with Crippen LogP contribution in [0.15, 0.2) is 47.5 Å². The minimum Gasteiger partial charge on any atom is -0.312 e. The van der Waals surface area contributed by atoms with E-state index in [4.69, 9.17) is 0 Å². The molecule has 8 heteroatoms. The van der Waals surface area contributed by atoms with Gasteiger partial charge in [-0.2, -0.15) is 5.10 Å². The molecule has 0 spiro atoms. The molecule has 4 rings (SSSR count). The highest BCUT2D eigenvalue weighted by molar-refractivity contribution is 5.82. The minimum absolute atomic E-state index is 0.197. The number of hydrogen-bond donors (Lipinski definition) is 0. The van der Waals surface area contributed by atoms with Gasteiger partial charge >= 0.3 is 0 Å². The van der Waals surface area contributed by atoms with Gasteiger partial charge in [-0.05, 0) is 37.9 Å². The summed E-state index contributed by atoms with van der Waals surface area (Å²) in [6, 6.07) is 7.91. The van der Waals surface area contributed by atoms with Gasteiger partial charge in [0.2, 0.25) is 0 Å². The predicted molar refractivity (Wildman–Crippen MR) is 96.5 cm³/mol. The van der Waals surface area contributed by atoms with Crippen molar-refractivity contribution in [1.82, 2.24) is 29.3 Å². The molecule has 3 heterocycles. The van der Waals surface area contributed by atoms with Gasteiger partial charge in [0.15, 0.2) is 11.2 Å². The predicted octanol–water partition coefficient (Wildman–Crippen LogP) is 1.81.